The molecular weight excluding hydrogens is 320 g/mol. The van der Waals surface area contributed by atoms with Crippen LogP contribution in [0.15, 0.2) is 76.6 Å². The standard InChI is InChI=1S/C19H16N2O4/c1-11-18(20-12-2-6-14(22)7-3-12)16(24)10-17(25)19(11)21-13-4-8-15(23)9-5-13/h2-10,20,22-23,25H,1H3. The third-order valence-corrected chi connectivity index (χ3v) is 3.71. The third-order valence-electron chi connectivity index (χ3n) is 3.71. The Bertz CT molecular complexity index is 907. The molecule has 25 heavy (non-hydrogen) atoms. The lowest BCUT2D eigenvalue weighted by molar-refractivity contribution is -0.111. The van der Waals surface area contributed by atoms with Gasteiger partial charge >= 0.3 is 0 Å². The molecule has 0 saturated carbocycles. The van der Waals surface area contributed by atoms with E-state index in [2.05, 4.69) is 10.3 Å². The minimum atomic E-state index is -0.368. The molecule has 0 heterocycles. The van der Waals surface area contributed by atoms with Crippen molar-refractivity contribution in [1.82, 2.24) is 0 Å². The van der Waals surface area contributed by atoms with Crippen LogP contribution < -0.4 is 5.32 Å². The number of hydrogen-bond acceptors (Lipinski definition) is 6. The molecule has 0 unspecified atom stereocenters. The predicted octanol–water partition coefficient (Wildman–Crippen LogP) is 3.58. The van der Waals surface area contributed by atoms with Crippen molar-refractivity contribution >= 4 is 22.9 Å². The van der Waals surface area contributed by atoms with E-state index in [1.165, 1.54) is 24.3 Å². The summed E-state index contributed by atoms with van der Waals surface area (Å²) < 4.78 is 0. The van der Waals surface area contributed by atoms with Crippen LogP contribution in [0.25, 0.3) is 0 Å². The van der Waals surface area contributed by atoms with E-state index in [0.717, 1.165) is 6.08 Å². The second-order valence-electron chi connectivity index (χ2n) is 5.54. The Kier molecular flexibility index (Phi) is 4.26. The highest BCUT2D eigenvalue weighted by atomic mass is 16.3. The lowest BCUT2D eigenvalue weighted by Gasteiger charge is -2.18. The molecule has 0 saturated heterocycles. The maximum atomic E-state index is 12.2. The smallest absolute Gasteiger partial charge is 0.206 e. The van der Waals surface area contributed by atoms with E-state index in [-0.39, 0.29) is 28.8 Å². The molecule has 0 bridgehead atoms. The Morgan fingerprint density at radius 2 is 1.44 bits per heavy atom. The topological polar surface area (TPSA) is 102 Å². The van der Waals surface area contributed by atoms with E-state index in [9.17, 15) is 20.1 Å². The number of anilines is 1. The van der Waals surface area contributed by atoms with Crippen LogP contribution in [0.4, 0.5) is 11.4 Å². The Morgan fingerprint density at radius 1 is 0.880 bits per heavy atom. The summed E-state index contributed by atoms with van der Waals surface area (Å²) in [4.78, 5) is 16.6. The molecule has 0 amide bonds. The molecule has 0 fully saturated rings. The molecule has 3 rings (SSSR count). The van der Waals surface area contributed by atoms with Crippen LogP contribution in [0.2, 0.25) is 0 Å². The Hall–Kier alpha value is -3.54. The van der Waals surface area contributed by atoms with E-state index in [4.69, 9.17) is 0 Å². The highest BCUT2D eigenvalue weighted by Gasteiger charge is 2.24. The van der Waals surface area contributed by atoms with E-state index in [0.29, 0.717) is 22.6 Å². The average Bonchev–Trinajstić information content (AvgIpc) is 2.59. The highest BCUT2D eigenvalue weighted by molar-refractivity contribution is 6.24. The number of aromatic hydroxyl groups is 2. The molecule has 0 aliphatic heterocycles. The number of carbonyl (C=O) groups is 1. The normalized spacial score (nSPS) is 16.1. The monoisotopic (exact) mass is 336 g/mol. The van der Waals surface area contributed by atoms with Crippen LogP contribution in [0, 0.1) is 0 Å². The summed E-state index contributed by atoms with van der Waals surface area (Å²) in [5, 5.41) is 31.8. The number of nitrogens with one attached hydrogen (secondary N) is 1. The number of carbonyl (C=O) groups excluding carboxylic acids is 1. The number of phenols is 2. The van der Waals surface area contributed by atoms with E-state index >= 15 is 0 Å². The number of allylic oxidation sites excluding steroid dienone is 2. The number of hydrogen-bond donors (Lipinski definition) is 4. The quantitative estimate of drug-likeness (QED) is 0.507. The summed E-state index contributed by atoms with van der Waals surface area (Å²) in [5.41, 5.74) is 2.21. The number of aliphatic hydroxyl groups is 1. The first-order chi connectivity index (χ1) is 11.9. The SMILES string of the molecule is CC1=C(Nc2ccc(O)cc2)C(=O)C=C(O)C1=Nc1ccc(O)cc1. The average molecular weight is 336 g/mol. The van der Waals surface area contributed by atoms with Gasteiger partial charge in [-0.1, -0.05) is 0 Å². The number of aliphatic hydroxyl groups excluding tert-OH is 1. The van der Waals surface area contributed by atoms with Crippen molar-refractivity contribution in [1.29, 1.82) is 0 Å². The van der Waals surface area contributed by atoms with Crippen LogP contribution in [-0.2, 0) is 4.79 Å². The number of aliphatic imine (C=N–C) groups is 1. The third kappa shape index (κ3) is 3.53. The van der Waals surface area contributed by atoms with Gasteiger partial charge in [0.2, 0.25) is 5.78 Å². The second kappa shape index (κ2) is 6.52. The molecule has 6 nitrogen and oxygen atoms in total. The lowest BCUT2D eigenvalue weighted by atomic mass is 9.98. The van der Waals surface area contributed by atoms with Crippen LogP contribution >= 0.6 is 0 Å². The van der Waals surface area contributed by atoms with Gasteiger partial charge in [-0.25, -0.2) is 4.99 Å². The molecule has 2 aromatic rings. The van der Waals surface area contributed by atoms with Crippen molar-refractivity contribution in [3.05, 3.63) is 71.6 Å². The first-order valence-electron chi connectivity index (χ1n) is 7.54. The number of nitrogens with zero attached hydrogens (tertiary/aromatic N) is 1. The summed E-state index contributed by atoms with van der Waals surface area (Å²) in [5.74, 6) is -0.345. The van der Waals surface area contributed by atoms with Crippen molar-refractivity contribution < 1.29 is 20.1 Å². The second-order valence-corrected chi connectivity index (χ2v) is 5.54. The van der Waals surface area contributed by atoms with Gasteiger partial charge < -0.3 is 20.6 Å². The molecule has 0 spiro atoms. The summed E-state index contributed by atoms with van der Waals surface area (Å²) in [7, 11) is 0. The number of benzene rings is 2. The summed E-state index contributed by atoms with van der Waals surface area (Å²) >= 11 is 0. The fourth-order valence-corrected chi connectivity index (χ4v) is 2.40. The molecule has 1 aliphatic carbocycles. The minimum absolute atomic E-state index is 0.115. The Morgan fingerprint density at radius 3 is 2.04 bits per heavy atom. The van der Waals surface area contributed by atoms with Gasteiger partial charge in [-0.2, -0.15) is 0 Å². The zero-order valence-electron chi connectivity index (χ0n) is 13.4. The van der Waals surface area contributed by atoms with Gasteiger partial charge in [0.15, 0.2) is 0 Å². The zero-order valence-corrected chi connectivity index (χ0v) is 13.4. The van der Waals surface area contributed by atoms with Crippen LogP contribution in [0.3, 0.4) is 0 Å². The fourth-order valence-electron chi connectivity index (χ4n) is 2.40. The van der Waals surface area contributed by atoms with Crippen molar-refractivity contribution in [3.63, 3.8) is 0 Å². The van der Waals surface area contributed by atoms with Gasteiger partial charge in [-0.15, -0.1) is 0 Å². The Balaban J connectivity index is 1.98. The molecule has 0 aromatic heterocycles. The van der Waals surface area contributed by atoms with Crippen LogP contribution in [0.1, 0.15) is 6.92 Å². The van der Waals surface area contributed by atoms with Gasteiger partial charge in [-0.3, -0.25) is 4.79 Å². The molecule has 2 aromatic carbocycles. The van der Waals surface area contributed by atoms with Gasteiger partial charge in [-0.05, 0) is 55.5 Å². The van der Waals surface area contributed by atoms with E-state index in [1.807, 2.05) is 0 Å². The van der Waals surface area contributed by atoms with Gasteiger partial charge in [0.1, 0.15) is 23.0 Å². The largest absolute Gasteiger partial charge is 0.508 e. The van der Waals surface area contributed by atoms with Crippen molar-refractivity contribution in [2.24, 2.45) is 4.99 Å². The maximum absolute atomic E-state index is 12.2. The summed E-state index contributed by atoms with van der Waals surface area (Å²) in [6, 6.07) is 12.5. The first kappa shape index (κ1) is 16.3. The van der Waals surface area contributed by atoms with E-state index < -0.39 is 0 Å². The molecule has 1 aliphatic rings. The maximum Gasteiger partial charge on any atom is 0.206 e. The predicted molar refractivity (Wildman–Crippen MR) is 95.4 cm³/mol. The molecule has 4 N–H and O–H groups in total. The summed E-state index contributed by atoms with van der Waals surface area (Å²) in [6.45, 7) is 1.68. The molecule has 0 radical (unpaired) electrons. The molecular formula is C19H16N2O4. The van der Waals surface area contributed by atoms with Crippen molar-refractivity contribution in [2.75, 3.05) is 5.32 Å². The van der Waals surface area contributed by atoms with E-state index in [1.54, 1.807) is 31.2 Å². The molecule has 0 atom stereocenters. The minimum Gasteiger partial charge on any atom is -0.508 e. The highest BCUT2D eigenvalue weighted by Crippen LogP contribution is 2.25. The number of rotatable bonds is 3. The Labute approximate surface area is 144 Å². The lowest BCUT2D eigenvalue weighted by Crippen LogP contribution is -2.22. The van der Waals surface area contributed by atoms with Crippen LogP contribution in [-0.4, -0.2) is 26.8 Å². The zero-order chi connectivity index (χ0) is 18.0. The van der Waals surface area contributed by atoms with Gasteiger partial charge in [0.25, 0.3) is 0 Å². The molecule has 6 heteroatoms. The van der Waals surface area contributed by atoms with Crippen molar-refractivity contribution in [2.45, 2.75) is 6.92 Å². The number of phenolic OH excluding ortho intramolecular Hbond substituents is 2. The summed E-state index contributed by atoms with van der Waals surface area (Å²) in [6.07, 6.45) is 1.11. The first-order valence-corrected chi connectivity index (χ1v) is 7.54. The fraction of sp³-hybridized carbons (Fsp3) is 0.0526. The van der Waals surface area contributed by atoms with Gasteiger partial charge in [0, 0.05) is 17.3 Å². The van der Waals surface area contributed by atoms with Gasteiger partial charge in [0.05, 0.1) is 11.4 Å². The van der Waals surface area contributed by atoms with Crippen LogP contribution in [0.5, 0.6) is 11.5 Å². The van der Waals surface area contributed by atoms with Crippen molar-refractivity contribution in [3.8, 4) is 11.5 Å². The number of ketones is 1. The molecule has 126 valence electrons.